The number of hydrogen-bond donors (Lipinski definition) is 1. The summed E-state index contributed by atoms with van der Waals surface area (Å²) in [6, 6.07) is 6.81. The standard InChI is InChI=1S/C11H11ClIN5O3/c12-7-1-3-8(4-2-7)20-6-9(21-11(14)19)5-18-16-10(13)15-17-18/h1-4,9H,5-6H2,(H2,14,19). The number of nitrogens with zero attached hydrogens (tertiary/aromatic N) is 4. The number of tetrazole rings is 1. The largest absolute Gasteiger partial charge is 0.490 e. The van der Waals surface area contributed by atoms with Crippen LogP contribution in [0.3, 0.4) is 0 Å². The normalized spacial score (nSPS) is 11.9. The number of halogens is 2. The number of rotatable bonds is 6. The Morgan fingerprint density at radius 1 is 1.43 bits per heavy atom. The van der Waals surface area contributed by atoms with Crippen LogP contribution < -0.4 is 10.5 Å². The maximum absolute atomic E-state index is 10.9. The molecule has 1 aromatic carbocycles. The predicted molar refractivity (Wildman–Crippen MR) is 81.9 cm³/mol. The Balaban J connectivity index is 1.95. The van der Waals surface area contributed by atoms with Gasteiger partial charge in [0.1, 0.15) is 18.9 Å². The highest BCUT2D eigenvalue weighted by Gasteiger charge is 2.16. The smallest absolute Gasteiger partial charge is 0.404 e. The number of hydrogen-bond acceptors (Lipinski definition) is 6. The molecule has 2 aromatic rings. The first-order chi connectivity index (χ1) is 10.0. The molecule has 0 spiro atoms. The number of benzene rings is 1. The van der Waals surface area contributed by atoms with Crippen molar-refractivity contribution in [3.8, 4) is 5.75 Å². The fourth-order valence-corrected chi connectivity index (χ4v) is 1.96. The Kier molecular flexibility index (Phi) is 5.56. The van der Waals surface area contributed by atoms with Gasteiger partial charge in [0.05, 0.1) is 0 Å². The Labute approximate surface area is 138 Å². The van der Waals surface area contributed by atoms with Crippen LogP contribution in [0, 0.1) is 3.83 Å². The number of nitrogens with two attached hydrogens (primary N) is 1. The molecule has 2 rings (SSSR count). The highest BCUT2D eigenvalue weighted by molar-refractivity contribution is 14.1. The minimum absolute atomic E-state index is 0.0999. The van der Waals surface area contributed by atoms with Gasteiger partial charge in [-0.3, -0.25) is 0 Å². The van der Waals surface area contributed by atoms with Gasteiger partial charge >= 0.3 is 6.09 Å². The van der Waals surface area contributed by atoms with E-state index >= 15 is 0 Å². The first-order valence-electron chi connectivity index (χ1n) is 5.80. The lowest BCUT2D eigenvalue weighted by molar-refractivity contribution is 0.0560. The van der Waals surface area contributed by atoms with Gasteiger partial charge in [-0.05, 0) is 29.5 Å². The van der Waals surface area contributed by atoms with Crippen molar-refractivity contribution in [1.82, 2.24) is 20.2 Å². The van der Waals surface area contributed by atoms with Crippen LogP contribution in [0.5, 0.6) is 5.75 Å². The van der Waals surface area contributed by atoms with Crippen molar-refractivity contribution in [2.75, 3.05) is 6.61 Å². The second kappa shape index (κ2) is 7.41. The molecule has 21 heavy (non-hydrogen) atoms. The summed E-state index contributed by atoms with van der Waals surface area (Å²) in [5.41, 5.74) is 5.04. The summed E-state index contributed by atoms with van der Waals surface area (Å²) < 4.78 is 11.0. The zero-order valence-electron chi connectivity index (χ0n) is 10.6. The third-order valence-electron chi connectivity index (χ3n) is 2.33. The average molecular weight is 424 g/mol. The molecule has 1 heterocycles. The molecule has 0 saturated heterocycles. The van der Waals surface area contributed by atoms with Crippen LogP contribution in [-0.4, -0.2) is 39.0 Å². The summed E-state index contributed by atoms with van der Waals surface area (Å²) in [6.07, 6.45) is -1.53. The average Bonchev–Trinajstić information content (AvgIpc) is 2.82. The van der Waals surface area contributed by atoms with Crippen molar-refractivity contribution in [3.63, 3.8) is 0 Å². The topological polar surface area (TPSA) is 105 Å². The first kappa shape index (κ1) is 15.8. The number of carbonyl (C=O) groups is 1. The molecular formula is C11H11ClIN5O3. The van der Waals surface area contributed by atoms with Crippen molar-refractivity contribution < 1.29 is 14.3 Å². The van der Waals surface area contributed by atoms with Crippen LogP contribution in [-0.2, 0) is 11.3 Å². The summed E-state index contributed by atoms with van der Waals surface area (Å²) in [6.45, 7) is 0.287. The fraction of sp³-hybridized carbons (Fsp3) is 0.273. The Bertz CT molecular complexity index is 606. The second-order valence-electron chi connectivity index (χ2n) is 3.94. The van der Waals surface area contributed by atoms with Crippen molar-refractivity contribution >= 4 is 40.3 Å². The quantitative estimate of drug-likeness (QED) is 0.706. The van der Waals surface area contributed by atoms with Crippen LogP contribution >= 0.6 is 34.2 Å². The molecule has 0 aliphatic carbocycles. The lowest BCUT2D eigenvalue weighted by Crippen LogP contribution is -2.32. The van der Waals surface area contributed by atoms with Crippen molar-refractivity contribution in [1.29, 1.82) is 0 Å². The molecule has 0 bridgehead atoms. The maximum Gasteiger partial charge on any atom is 0.404 e. The fourth-order valence-electron chi connectivity index (χ4n) is 1.49. The van der Waals surface area contributed by atoms with Gasteiger partial charge in [0, 0.05) is 27.6 Å². The van der Waals surface area contributed by atoms with Crippen LogP contribution in [0.25, 0.3) is 0 Å². The Morgan fingerprint density at radius 3 is 2.71 bits per heavy atom. The summed E-state index contributed by atoms with van der Waals surface area (Å²) in [5, 5.41) is 12.1. The van der Waals surface area contributed by atoms with Crippen LogP contribution in [0.2, 0.25) is 5.02 Å². The molecule has 1 aromatic heterocycles. The van der Waals surface area contributed by atoms with Gasteiger partial charge in [-0.15, -0.1) is 10.2 Å². The number of ether oxygens (including phenoxy) is 2. The molecule has 1 amide bonds. The summed E-state index contributed by atoms with van der Waals surface area (Å²) in [4.78, 5) is 12.2. The molecule has 10 heteroatoms. The highest BCUT2D eigenvalue weighted by atomic mass is 127. The zero-order valence-corrected chi connectivity index (χ0v) is 13.6. The van der Waals surface area contributed by atoms with Crippen molar-refractivity contribution in [3.05, 3.63) is 33.1 Å². The van der Waals surface area contributed by atoms with Gasteiger partial charge in [0.15, 0.2) is 6.10 Å². The SMILES string of the molecule is NC(=O)OC(COc1ccc(Cl)cc1)Cn1nnc(I)n1. The number of primary amides is 1. The van der Waals surface area contributed by atoms with E-state index in [0.29, 0.717) is 14.6 Å². The van der Waals surface area contributed by atoms with Gasteiger partial charge in [0.2, 0.25) is 3.83 Å². The molecule has 1 atom stereocenters. The van der Waals surface area contributed by atoms with E-state index < -0.39 is 12.2 Å². The molecule has 8 nitrogen and oxygen atoms in total. The molecule has 0 saturated carbocycles. The number of aromatic nitrogens is 4. The van der Waals surface area contributed by atoms with Crippen LogP contribution in [0.4, 0.5) is 4.79 Å². The van der Waals surface area contributed by atoms with Crippen molar-refractivity contribution in [2.24, 2.45) is 5.73 Å². The molecule has 0 aliphatic rings. The van der Waals surface area contributed by atoms with Crippen LogP contribution in [0.1, 0.15) is 0 Å². The van der Waals surface area contributed by atoms with E-state index in [9.17, 15) is 4.79 Å². The second-order valence-corrected chi connectivity index (χ2v) is 5.34. The minimum Gasteiger partial charge on any atom is -0.490 e. The van der Waals surface area contributed by atoms with Gasteiger partial charge in [-0.1, -0.05) is 11.6 Å². The minimum atomic E-state index is -0.894. The van der Waals surface area contributed by atoms with Gasteiger partial charge in [-0.25, -0.2) is 4.79 Å². The highest BCUT2D eigenvalue weighted by Crippen LogP contribution is 2.16. The third-order valence-corrected chi connectivity index (χ3v) is 3.01. The van der Waals surface area contributed by atoms with E-state index in [1.54, 1.807) is 24.3 Å². The number of carbonyl (C=O) groups excluding carboxylic acids is 1. The molecule has 1 unspecified atom stereocenters. The van der Waals surface area contributed by atoms with Gasteiger partial charge in [-0.2, -0.15) is 4.80 Å². The predicted octanol–water partition coefficient (Wildman–Crippen LogP) is 1.47. The third kappa shape index (κ3) is 5.34. The van der Waals surface area contributed by atoms with Crippen molar-refractivity contribution in [2.45, 2.75) is 12.6 Å². The van der Waals surface area contributed by atoms with E-state index in [-0.39, 0.29) is 13.2 Å². The molecule has 0 fully saturated rings. The summed E-state index contributed by atoms with van der Waals surface area (Å²) in [7, 11) is 0. The molecule has 112 valence electrons. The van der Waals surface area contributed by atoms with Gasteiger partial charge in [0.25, 0.3) is 0 Å². The molecule has 0 radical (unpaired) electrons. The van der Waals surface area contributed by atoms with Gasteiger partial charge < -0.3 is 15.2 Å². The Hall–Kier alpha value is -1.62. The lowest BCUT2D eigenvalue weighted by atomic mass is 10.3. The van der Waals surface area contributed by atoms with E-state index in [2.05, 4.69) is 15.4 Å². The summed E-state index contributed by atoms with van der Waals surface area (Å²) in [5.74, 6) is 0.596. The van der Waals surface area contributed by atoms with E-state index in [1.165, 1.54) is 4.80 Å². The zero-order chi connectivity index (χ0) is 15.2. The molecule has 0 aliphatic heterocycles. The first-order valence-corrected chi connectivity index (χ1v) is 7.26. The molecular weight excluding hydrogens is 413 g/mol. The number of amides is 1. The van der Waals surface area contributed by atoms with E-state index in [0.717, 1.165) is 0 Å². The monoisotopic (exact) mass is 423 g/mol. The summed E-state index contributed by atoms with van der Waals surface area (Å²) >= 11 is 7.71. The van der Waals surface area contributed by atoms with Crippen LogP contribution in [0.15, 0.2) is 24.3 Å². The lowest BCUT2D eigenvalue weighted by Gasteiger charge is -2.16. The van der Waals surface area contributed by atoms with E-state index in [4.69, 9.17) is 26.8 Å². The molecule has 2 N–H and O–H groups in total. The maximum atomic E-state index is 10.9. The van der Waals surface area contributed by atoms with E-state index in [1.807, 2.05) is 22.6 Å². The Morgan fingerprint density at radius 2 is 2.14 bits per heavy atom.